The first-order chi connectivity index (χ1) is 4.86. The van der Waals surface area contributed by atoms with E-state index in [1.807, 2.05) is 0 Å². The Balaban J connectivity index is 3.92. The van der Waals surface area contributed by atoms with Crippen LogP contribution in [-0.4, -0.2) is 33.3 Å². The summed E-state index contributed by atoms with van der Waals surface area (Å²) in [6.07, 6.45) is -3.83. The van der Waals surface area contributed by atoms with Gasteiger partial charge >= 0.3 is 11.9 Å². The molecule has 3 N–H and O–H groups in total. The highest BCUT2D eigenvalue weighted by Crippen LogP contribution is 1.95. The van der Waals surface area contributed by atoms with E-state index < -0.39 is 30.9 Å². The minimum absolute atomic E-state index is 0.535. The van der Waals surface area contributed by atoms with Crippen LogP contribution in [0.15, 0.2) is 0 Å². The van der Waals surface area contributed by atoms with Crippen LogP contribution in [0.5, 0.6) is 0 Å². The van der Waals surface area contributed by atoms with Crippen molar-refractivity contribution >= 4 is 11.9 Å². The Bertz CT molecular complexity index is 176. The predicted octanol–water partition coefficient (Wildman–Crippen LogP) is -0.703. The van der Waals surface area contributed by atoms with E-state index in [0.29, 0.717) is 0 Å². The minimum Gasteiger partial charge on any atom is -0.481 e. The lowest BCUT2D eigenvalue weighted by molar-refractivity contribution is -0.147. The van der Waals surface area contributed by atoms with Crippen molar-refractivity contribution in [2.75, 3.05) is 0 Å². The van der Waals surface area contributed by atoms with Crippen molar-refractivity contribution in [3.63, 3.8) is 0 Å². The molecule has 0 aliphatic carbocycles. The van der Waals surface area contributed by atoms with E-state index in [1.54, 1.807) is 0 Å². The average molecular weight is 154 g/mol. The number of carboxylic acid groups (broad SMARTS) is 2. The summed E-state index contributed by atoms with van der Waals surface area (Å²) in [7, 11) is 0. The fourth-order valence-corrected chi connectivity index (χ4v) is 0.332. The second-order valence-electron chi connectivity index (χ2n) is 1.65. The van der Waals surface area contributed by atoms with Crippen molar-refractivity contribution in [1.29, 1.82) is 0 Å². The van der Waals surface area contributed by atoms with Gasteiger partial charge in [0.1, 0.15) is 0 Å². The van der Waals surface area contributed by atoms with E-state index in [0.717, 1.165) is 0 Å². The molecule has 0 saturated heterocycles. The molecule has 0 aromatic heterocycles. The van der Waals surface area contributed by atoms with Crippen LogP contribution >= 0.6 is 0 Å². The van der Waals surface area contributed by atoms with Crippen molar-refractivity contribution in [3.05, 3.63) is 0 Å². The molecular weight excluding hydrogens is 145 g/mol. The molecule has 0 aromatic rings. The molecule has 10 heavy (non-hydrogen) atoms. The first kappa shape index (κ1) is 7.01. The Kier molecular flexibility index (Phi) is 2.69. The van der Waals surface area contributed by atoms with E-state index >= 15 is 0 Å². The van der Waals surface area contributed by atoms with Gasteiger partial charge < -0.3 is 15.3 Å². The molecule has 0 spiro atoms. The third-order valence-electron chi connectivity index (χ3n) is 0.823. The zero-order valence-corrected chi connectivity index (χ0v) is 5.07. The normalized spacial score (nSPS) is 17.1. The van der Waals surface area contributed by atoms with Gasteiger partial charge in [-0.1, -0.05) is 0 Å². The van der Waals surface area contributed by atoms with Gasteiger partial charge in [-0.3, -0.25) is 4.79 Å². The molecule has 0 heterocycles. The quantitative estimate of drug-likeness (QED) is 0.465. The van der Waals surface area contributed by atoms with Gasteiger partial charge in [-0.15, -0.1) is 0 Å². The van der Waals surface area contributed by atoms with Gasteiger partial charge in [0.2, 0.25) is 0 Å². The summed E-state index contributed by atoms with van der Waals surface area (Å²) < 4.78 is 6.67. The van der Waals surface area contributed by atoms with Crippen molar-refractivity contribution in [2.24, 2.45) is 0 Å². The van der Waals surface area contributed by atoms with Crippen molar-refractivity contribution in [2.45, 2.75) is 18.9 Å². The number of aliphatic carboxylic acids is 2. The van der Waals surface area contributed by atoms with Crippen LogP contribution < -0.4 is 0 Å². The summed E-state index contributed by atoms with van der Waals surface area (Å²) >= 11 is 0. The molecule has 0 bridgehead atoms. The molecule has 0 aliphatic rings. The van der Waals surface area contributed by atoms with E-state index in [4.69, 9.17) is 16.7 Å². The summed E-state index contributed by atoms with van der Waals surface area (Å²) in [5, 5.41) is 24.8. The lowest BCUT2D eigenvalue weighted by Gasteiger charge is -2.00. The highest BCUT2D eigenvalue weighted by Gasteiger charge is 2.13. The molecule has 0 saturated carbocycles. The Morgan fingerprint density at radius 1 is 1.50 bits per heavy atom. The summed E-state index contributed by atoms with van der Waals surface area (Å²) in [6, 6.07) is 0. The second kappa shape index (κ2) is 3.84. The summed E-state index contributed by atoms with van der Waals surface area (Å²) in [5.74, 6) is -2.98. The van der Waals surface area contributed by atoms with Gasteiger partial charge in [-0.05, 0) is 6.42 Å². The van der Waals surface area contributed by atoms with Gasteiger partial charge in [0.25, 0.3) is 0 Å². The highest BCUT2D eigenvalue weighted by atomic mass is 16.5. The number of carbonyl (C=O) groups is 2. The van der Waals surface area contributed by atoms with Crippen LogP contribution in [0.3, 0.4) is 0 Å². The molecular formula is C5H8O5. The van der Waals surface area contributed by atoms with E-state index in [1.165, 1.54) is 0 Å². The first-order valence-electron chi connectivity index (χ1n) is 3.04. The molecule has 5 heteroatoms. The lowest BCUT2D eigenvalue weighted by atomic mass is 11.2. The van der Waals surface area contributed by atoms with Crippen LogP contribution in [0.25, 0.3) is 0 Å². The maximum Gasteiger partial charge on any atom is 0.332 e. The Hall–Kier alpha value is -1.10. The van der Waals surface area contributed by atoms with Gasteiger partial charge in [-0.2, -0.15) is 0 Å². The Morgan fingerprint density at radius 3 is 2.30 bits per heavy atom. The Labute approximate surface area is 58.3 Å². The lowest BCUT2D eigenvalue weighted by Crippen LogP contribution is -2.20. The number of hydrogen-bond acceptors (Lipinski definition) is 3. The van der Waals surface area contributed by atoms with Gasteiger partial charge in [0, 0.05) is 6.42 Å². The van der Waals surface area contributed by atoms with Gasteiger partial charge in [0.15, 0.2) is 6.08 Å². The summed E-state index contributed by atoms with van der Waals surface area (Å²) in [4.78, 5) is 19.9. The molecule has 0 amide bonds. The molecule has 1 unspecified atom stereocenters. The monoisotopic (exact) mass is 154 g/mol. The number of hydrogen-bond donors (Lipinski definition) is 3. The van der Waals surface area contributed by atoms with Crippen molar-refractivity contribution in [3.8, 4) is 0 Å². The van der Waals surface area contributed by atoms with Crippen molar-refractivity contribution in [1.82, 2.24) is 0 Å². The molecule has 0 aliphatic heterocycles. The SMILES string of the molecule is [2H][13C](O)([13CH2][13CH2][13C](=O)O)[13C](=O)O. The molecule has 0 rings (SSSR count). The average Bonchev–Trinajstić information content (AvgIpc) is 1.84. The van der Waals surface area contributed by atoms with E-state index in [2.05, 4.69) is 0 Å². The minimum atomic E-state index is -2.68. The summed E-state index contributed by atoms with van der Waals surface area (Å²) in [6.45, 7) is 0. The number of aliphatic hydroxyl groups is 1. The predicted molar refractivity (Wildman–Crippen MR) is 30.5 cm³/mol. The van der Waals surface area contributed by atoms with Crippen molar-refractivity contribution < 1.29 is 26.3 Å². The fourth-order valence-electron chi connectivity index (χ4n) is 0.332. The van der Waals surface area contributed by atoms with E-state index in [-0.39, 0.29) is 0 Å². The zero-order valence-electron chi connectivity index (χ0n) is 6.07. The third kappa shape index (κ3) is 3.85. The fraction of sp³-hybridized carbons (Fsp3) is 0.600. The van der Waals surface area contributed by atoms with Crippen LogP contribution in [0.2, 0.25) is 0 Å². The molecule has 0 fully saturated rings. The van der Waals surface area contributed by atoms with Gasteiger partial charge in [-0.25, -0.2) is 4.79 Å². The first-order valence-corrected chi connectivity index (χ1v) is 2.54. The molecule has 58 valence electrons. The highest BCUT2D eigenvalue weighted by molar-refractivity contribution is 5.73. The number of carboxylic acids is 2. The number of rotatable bonds is 4. The second-order valence-corrected chi connectivity index (χ2v) is 1.65. The van der Waals surface area contributed by atoms with Crippen LogP contribution in [0.1, 0.15) is 14.2 Å². The smallest absolute Gasteiger partial charge is 0.332 e. The topological polar surface area (TPSA) is 94.8 Å². The largest absolute Gasteiger partial charge is 0.481 e. The van der Waals surface area contributed by atoms with Crippen LogP contribution in [-0.2, 0) is 9.59 Å². The molecule has 0 radical (unpaired) electrons. The standard InChI is InChI=1S/C5H8O5/c6-3(5(9)10)1-2-4(7)8/h3,6H,1-2H2,(H,7,8)(H,9,10)/i1+1,2+1,3+1D,4+1,5+1. The zero-order chi connectivity index (χ0) is 9.07. The van der Waals surface area contributed by atoms with Crippen LogP contribution in [0.4, 0.5) is 0 Å². The maximum atomic E-state index is 10.0. The molecule has 5 nitrogen and oxygen atoms in total. The van der Waals surface area contributed by atoms with Gasteiger partial charge in [0.05, 0.1) is 1.37 Å². The van der Waals surface area contributed by atoms with Crippen LogP contribution in [0, 0.1) is 0 Å². The molecule has 1 atom stereocenters. The van der Waals surface area contributed by atoms with E-state index in [9.17, 15) is 9.59 Å². The maximum absolute atomic E-state index is 10.0. The summed E-state index contributed by atoms with van der Waals surface area (Å²) in [5.41, 5.74) is 0. The molecule has 0 aromatic carbocycles. The third-order valence-corrected chi connectivity index (χ3v) is 0.823. The Morgan fingerprint density at radius 2 is 2.00 bits per heavy atom.